The number of piperazine rings is 1. The van der Waals surface area contributed by atoms with Crippen molar-refractivity contribution >= 4 is 0 Å². The number of nitrogens with zero attached hydrogens (tertiary/aromatic N) is 2. The summed E-state index contributed by atoms with van der Waals surface area (Å²) < 4.78 is 5.75. The maximum atomic E-state index is 10.5. The van der Waals surface area contributed by atoms with E-state index in [1.165, 1.54) is 0 Å². The third-order valence-corrected chi connectivity index (χ3v) is 4.37. The van der Waals surface area contributed by atoms with Crippen molar-refractivity contribution in [2.24, 2.45) is 0 Å². The predicted molar refractivity (Wildman–Crippen MR) is 90.4 cm³/mol. The molecule has 1 aliphatic heterocycles. The normalized spacial score (nSPS) is 18.3. The molecule has 2 rings (SSSR count). The lowest BCUT2D eigenvalue weighted by Gasteiger charge is -2.34. The SMILES string of the molecule is CCCOc1ccccc1C(O)CCN1CCN(CC)CC1. The van der Waals surface area contributed by atoms with Crippen LogP contribution in [0.3, 0.4) is 0 Å². The van der Waals surface area contributed by atoms with E-state index in [4.69, 9.17) is 4.74 Å². The van der Waals surface area contributed by atoms with E-state index < -0.39 is 6.10 Å². The van der Waals surface area contributed by atoms with Crippen LogP contribution in [0.15, 0.2) is 24.3 Å². The third kappa shape index (κ3) is 4.97. The third-order valence-electron chi connectivity index (χ3n) is 4.37. The highest BCUT2D eigenvalue weighted by Crippen LogP contribution is 2.27. The van der Waals surface area contributed by atoms with Crippen molar-refractivity contribution in [1.82, 2.24) is 9.80 Å². The average molecular weight is 306 g/mol. The first-order valence-corrected chi connectivity index (χ1v) is 8.59. The summed E-state index contributed by atoms with van der Waals surface area (Å²) in [4.78, 5) is 4.92. The Morgan fingerprint density at radius 2 is 1.77 bits per heavy atom. The Kier molecular flexibility index (Phi) is 7.16. The molecule has 1 saturated heterocycles. The highest BCUT2D eigenvalue weighted by atomic mass is 16.5. The average Bonchev–Trinajstić information content (AvgIpc) is 2.58. The van der Waals surface area contributed by atoms with Crippen molar-refractivity contribution in [3.05, 3.63) is 29.8 Å². The number of para-hydroxylation sites is 1. The standard InChI is InChI=1S/C18H30N2O2/c1-3-15-22-18-8-6-5-7-16(18)17(21)9-10-20-13-11-19(4-2)12-14-20/h5-8,17,21H,3-4,9-15H2,1-2H3. The van der Waals surface area contributed by atoms with E-state index in [9.17, 15) is 5.11 Å². The highest BCUT2D eigenvalue weighted by molar-refractivity contribution is 5.35. The molecule has 1 aromatic rings. The predicted octanol–water partition coefficient (Wildman–Crippen LogP) is 2.54. The van der Waals surface area contributed by atoms with Gasteiger partial charge in [-0.15, -0.1) is 0 Å². The first-order valence-electron chi connectivity index (χ1n) is 8.59. The van der Waals surface area contributed by atoms with Crippen molar-refractivity contribution in [1.29, 1.82) is 0 Å². The minimum Gasteiger partial charge on any atom is -0.493 e. The molecule has 0 aromatic heterocycles. The Bertz CT molecular complexity index is 431. The van der Waals surface area contributed by atoms with Gasteiger partial charge in [0.15, 0.2) is 0 Å². The number of aliphatic hydroxyl groups is 1. The zero-order valence-corrected chi connectivity index (χ0v) is 14.0. The molecule has 1 unspecified atom stereocenters. The summed E-state index contributed by atoms with van der Waals surface area (Å²) in [7, 11) is 0. The molecular weight excluding hydrogens is 276 g/mol. The molecule has 4 heteroatoms. The molecule has 0 aliphatic carbocycles. The van der Waals surface area contributed by atoms with Crippen LogP contribution in [0, 0.1) is 0 Å². The summed E-state index contributed by atoms with van der Waals surface area (Å²) in [6.07, 6.45) is 1.29. The molecule has 1 aromatic carbocycles. The van der Waals surface area contributed by atoms with Crippen LogP contribution in [0.4, 0.5) is 0 Å². The fraction of sp³-hybridized carbons (Fsp3) is 0.667. The van der Waals surface area contributed by atoms with Crippen LogP contribution in [0.2, 0.25) is 0 Å². The van der Waals surface area contributed by atoms with Gasteiger partial charge in [-0.1, -0.05) is 32.0 Å². The van der Waals surface area contributed by atoms with Crippen LogP contribution in [0.25, 0.3) is 0 Å². The Balaban J connectivity index is 1.83. The first kappa shape index (κ1) is 17.3. The van der Waals surface area contributed by atoms with Gasteiger partial charge in [-0.25, -0.2) is 0 Å². The molecule has 22 heavy (non-hydrogen) atoms. The molecule has 1 heterocycles. The van der Waals surface area contributed by atoms with Gasteiger partial charge in [0.25, 0.3) is 0 Å². The quantitative estimate of drug-likeness (QED) is 0.801. The van der Waals surface area contributed by atoms with Gasteiger partial charge < -0.3 is 19.6 Å². The van der Waals surface area contributed by atoms with E-state index >= 15 is 0 Å². The smallest absolute Gasteiger partial charge is 0.125 e. The second-order valence-corrected chi connectivity index (χ2v) is 5.97. The number of hydrogen-bond acceptors (Lipinski definition) is 4. The molecule has 4 nitrogen and oxygen atoms in total. The monoisotopic (exact) mass is 306 g/mol. The lowest BCUT2D eigenvalue weighted by Crippen LogP contribution is -2.46. The van der Waals surface area contributed by atoms with E-state index in [0.29, 0.717) is 6.61 Å². The van der Waals surface area contributed by atoms with E-state index in [-0.39, 0.29) is 0 Å². The maximum absolute atomic E-state index is 10.5. The Morgan fingerprint density at radius 3 is 2.45 bits per heavy atom. The van der Waals surface area contributed by atoms with Crippen LogP contribution in [-0.2, 0) is 0 Å². The zero-order valence-electron chi connectivity index (χ0n) is 14.0. The second kappa shape index (κ2) is 9.13. The van der Waals surface area contributed by atoms with Crippen LogP contribution >= 0.6 is 0 Å². The number of hydrogen-bond donors (Lipinski definition) is 1. The number of ether oxygens (including phenoxy) is 1. The topological polar surface area (TPSA) is 35.9 Å². The largest absolute Gasteiger partial charge is 0.493 e. The summed E-state index contributed by atoms with van der Waals surface area (Å²) in [5.41, 5.74) is 0.920. The molecular formula is C18H30N2O2. The van der Waals surface area contributed by atoms with Crippen LogP contribution in [0.5, 0.6) is 5.75 Å². The molecule has 1 N–H and O–H groups in total. The molecule has 1 aliphatic rings. The Hall–Kier alpha value is -1.10. The summed E-state index contributed by atoms with van der Waals surface area (Å²) in [5.74, 6) is 0.827. The van der Waals surface area contributed by atoms with Gasteiger partial charge in [-0.3, -0.25) is 0 Å². The Morgan fingerprint density at radius 1 is 1.09 bits per heavy atom. The summed E-state index contributed by atoms with van der Waals surface area (Å²) in [6, 6.07) is 7.86. The van der Waals surface area contributed by atoms with Gasteiger partial charge in [0, 0.05) is 38.3 Å². The number of likely N-dealkylation sites (N-methyl/N-ethyl adjacent to an activating group) is 1. The molecule has 124 valence electrons. The minimum atomic E-state index is -0.447. The maximum Gasteiger partial charge on any atom is 0.125 e. The number of rotatable bonds is 8. The van der Waals surface area contributed by atoms with Gasteiger partial charge in [0.1, 0.15) is 5.75 Å². The van der Waals surface area contributed by atoms with Crippen molar-refractivity contribution in [3.63, 3.8) is 0 Å². The van der Waals surface area contributed by atoms with E-state index in [1.807, 2.05) is 24.3 Å². The summed E-state index contributed by atoms with van der Waals surface area (Å²) >= 11 is 0. The Labute approximate surface area is 134 Å². The number of aliphatic hydroxyl groups excluding tert-OH is 1. The van der Waals surface area contributed by atoms with Crippen molar-refractivity contribution < 1.29 is 9.84 Å². The van der Waals surface area contributed by atoms with Gasteiger partial charge >= 0.3 is 0 Å². The molecule has 0 saturated carbocycles. The van der Waals surface area contributed by atoms with E-state index in [1.54, 1.807) is 0 Å². The van der Waals surface area contributed by atoms with Crippen LogP contribution in [-0.4, -0.2) is 60.8 Å². The van der Waals surface area contributed by atoms with E-state index in [2.05, 4.69) is 23.6 Å². The zero-order chi connectivity index (χ0) is 15.8. The molecule has 0 bridgehead atoms. The van der Waals surface area contributed by atoms with Crippen LogP contribution in [0.1, 0.15) is 38.4 Å². The van der Waals surface area contributed by atoms with E-state index in [0.717, 1.165) is 63.4 Å². The van der Waals surface area contributed by atoms with Gasteiger partial charge in [-0.2, -0.15) is 0 Å². The van der Waals surface area contributed by atoms with Gasteiger partial charge in [0.05, 0.1) is 12.7 Å². The highest BCUT2D eigenvalue weighted by Gasteiger charge is 2.18. The lowest BCUT2D eigenvalue weighted by molar-refractivity contribution is 0.103. The molecule has 0 spiro atoms. The van der Waals surface area contributed by atoms with Crippen molar-refractivity contribution in [2.75, 3.05) is 45.9 Å². The fourth-order valence-electron chi connectivity index (χ4n) is 2.89. The fourth-order valence-corrected chi connectivity index (χ4v) is 2.89. The second-order valence-electron chi connectivity index (χ2n) is 5.97. The first-order chi connectivity index (χ1) is 10.7. The summed E-state index contributed by atoms with van der Waals surface area (Å²) in [5, 5.41) is 10.5. The summed E-state index contributed by atoms with van der Waals surface area (Å²) in [6.45, 7) is 11.6. The van der Waals surface area contributed by atoms with Crippen molar-refractivity contribution in [3.8, 4) is 5.75 Å². The number of benzene rings is 1. The lowest BCUT2D eigenvalue weighted by atomic mass is 10.0. The molecule has 0 radical (unpaired) electrons. The molecule has 1 atom stereocenters. The minimum absolute atomic E-state index is 0.447. The van der Waals surface area contributed by atoms with Crippen molar-refractivity contribution in [2.45, 2.75) is 32.8 Å². The van der Waals surface area contributed by atoms with Gasteiger partial charge in [-0.05, 0) is 25.5 Å². The molecule has 1 fully saturated rings. The van der Waals surface area contributed by atoms with Crippen LogP contribution < -0.4 is 4.74 Å². The van der Waals surface area contributed by atoms with Gasteiger partial charge in [0.2, 0.25) is 0 Å². The molecule has 0 amide bonds.